The molecule has 0 amide bonds. The lowest BCUT2D eigenvalue weighted by Gasteiger charge is -2.42. The van der Waals surface area contributed by atoms with Crippen molar-refractivity contribution in [2.24, 2.45) is 11.8 Å². The highest BCUT2D eigenvalue weighted by atomic mass is 16.7. The van der Waals surface area contributed by atoms with Crippen molar-refractivity contribution in [1.29, 1.82) is 5.26 Å². The van der Waals surface area contributed by atoms with Gasteiger partial charge in [0, 0.05) is 32.1 Å². The highest BCUT2D eigenvalue weighted by Crippen LogP contribution is 2.40. The lowest BCUT2D eigenvalue weighted by Crippen LogP contribution is -2.50. The van der Waals surface area contributed by atoms with Gasteiger partial charge in [-0.2, -0.15) is 5.26 Å². The number of nitriles is 1. The SMILES string of the molecule is COC1(OC)C(C#N)=CC(=O)C(Cc2ccccc2)C1C. The van der Waals surface area contributed by atoms with E-state index in [1.165, 1.54) is 20.3 Å². The van der Waals surface area contributed by atoms with Gasteiger partial charge >= 0.3 is 0 Å². The van der Waals surface area contributed by atoms with Crippen LogP contribution < -0.4 is 0 Å². The fourth-order valence-corrected chi connectivity index (χ4v) is 3.04. The molecular formula is C17H19NO3. The second-order valence-electron chi connectivity index (χ2n) is 5.23. The Morgan fingerprint density at radius 2 is 1.86 bits per heavy atom. The molecule has 1 aliphatic rings. The molecule has 4 nitrogen and oxygen atoms in total. The smallest absolute Gasteiger partial charge is 0.207 e. The third-order valence-electron chi connectivity index (χ3n) is 4.26. The highest BCUT2D eigenvalue weighted by Gasteiger charge is 2.49. The molecule has 2 rings (SSSR count). The Morgan fingerprint density at radius 3 is 2.38 bits per heavy atom. The molecule has 21 heavy (non-hydrogen) atoms. The molecule has 0 bridgehead atoms. The predicted molar refractivity (Wildman–Crippen MR) is 78.3 cm³/mol. The van der Waals surface area contributed by atoms with Gasteiger partial charge in [0.15, 0.2) is 5.78 Å². The van der Waals surface area contributed by atoms with Crippen LogP contribution in [0.5, 0.6) is 0 Å². The number of methoxy groups -OCH3 is 2. The van der Waals surface area contributed by atoms with Crippen molar-refractivity contribution in [2.45, 2.75) is 19.1 Å². The van der Waals surface area contributed by atoms with Gasteiger partial charge in [0.05, 0.1) is 5.57 Å². The van der Waals surface area contributed by atoms with Crippen LogP contribution in [0.4, 0.5) is 0 Å². The topological polar surface area (TPSA) is 59.3 Å². The first-order valence-electron chi connectivity index (χ1n) is 6.89. The Hall–Kier alpha value is -1.96. The number of nitrogens with zero attached hydrogens (tertiary/aromatic N) is 1. The van der Waals surface area contributed by atoms with Gasteiger partial charge in [0.25, 0.3) is 0 Å². The summed E-state index contributed by atoms with van der Waals surface area (Å²) in [5.74, 6) is -1.72. The van der Waals surface area contributed by atoms with Gasteiger partial charge in [0.2, 0.25) is 5.79 Å². The highest BCUT2D eigenvalue weighted by molar-refractivity contribution is 5.95. The summed E-state index contributed by atoms with van der Waals surface area (Å²) >= 11 is 0. The fraction of sp³-hybridized carbons (Fsp3) is 0.412. The number of ketones is 1. The molecule has 0 aromatic heterocycles. The van der Waals surface area contributed by atoms with Crippen molar-refractivity contribution >= 4 is 5.78 Å². The van der Waals surface area contributed by atoms with Crippen molar-refractivity contribution in [3.8, 4) is 6.07 Å². The Bertz CT molecular complexity index is 582. The van der Waals surface area contributed by atoms with Gasteiger partial charge in [0.1, 0.15) is 6.07 Å². The molecular weight excluding hydrogens is 266 g/mol. The molecule has 0 spiro atoms. The first-order chi connectivity index (χ1) is 10.1. The molecule has 0 heterocycles. The number of allylic oxidation sites excluding steroid dienone is 1. The average molecular weight is 285 g/mol. The third-order valence-corrected chi connectivity index (χ3v) is 4.26. The predicted octanol–water partition coefficient (Wildman–Crippen LogP) is 2.50. The van der Waals surface area contributed by atoms with Crippen molar-refractivity contribution < 1.29 is 14.3 Å². The molecule has 0 saturated carbocycles. The average Bonchev–Trinajstić information content (AvgIpc) is 2.52. The molecule has 2 atom stereocenters. The van der Waals surface area contributed by atoms with E-state index in [9.17, 15) is 10.1 Å². The zero-order chi connectivity index (χ0) is 15.5. The Labute approximate surface area is 125 Å². The Balaban J connectivity index is 2.38. The number of hydrogen-bond donors (Lipinski definition) is 0. The van der Waals surface area contributed by atoms with Gasteiger partial charge in [-0.15, -0.1) is 0 Å². The molecule has 0 radical (unpaired) electrons. The van der Waals surface area contributed by atoms with E-state index < -0.39 is 5.79 Å². The standard InChI is InChI=1S/C17H19NO3/c1-12-15(9-13-7-5-4-6-8-13)16(19)10-14(11-18)17(12,20-2)21-3/h4-8,10,12,15H,9H2,1-3H3. The minimum absolute atomic E-state index is 0.0485. The minimum Gasteiger partial charge on any atom is -0.348 e. The molecule has 0 saturated heterocycles. The van der Waals surface area contributed by atoms with Gasteiger partial charge in [-0.3, -0.25) is 4.79 Å². The van der Waals surface area contributed by atoms with E-state index in [1.807, 2.05) is 43.3 Å². The quantitative estimate of drug-likeness (QED) is 0.797. The summed E-state index contributed by atoms with van der Waals surface area (Å²) in [5, 5.41) is 9.27. The summed E-state index contributed by atoms with van der Waals surface area (Å²) in [7, 11) is 3.00. The monoisotopic (exact) mass is 285 g/mol. The first kappa shape index (κ1) is 15.4. The van der Waals surface area contributed by atoms with Crippen LogP contribution in [-0.2, 0) is 20.7 Å². The molecule has 0 aliphatic heterocycles. The molecule has 110 valence electrons. The van der Waals surface area contributed by atoms with Gasteiger partial charge in [-0.25, -0.2) is 0 Å². The summed E-state index contributed by atoms with van der Waals surface area (Å²) in [6.07, 6.45) is 1.96. The number of carbonyl (C=O) groups is 1. The normalized spacial score (nSPS) is 24.3. The van der Waals surface area contributed by atoms with E-state index in [2.05, 4.69) is 0 Å². The minimum atomic E-state index is -1.15. The van der Waals surface area contributed by atoms with Crippen LogP contribution in [0.1, 0.15) is 12.5 Å². The number of rotatable bonds is 4. The summed E-state index contributed by atoms with van der Waals surface area (Å²) in [6.45, 7) is 1.89. The lowest BCUT2D eigenvalue weighted by atomic mass is 9.73. The molecule has 1 aliphatic carbocycles. The van der Waals surface area contributed by atoms with Crippen molar-refractivity contribution in [3.63, 3.8) is 0 Å². The summed E-state index contributed by atoms with van der Waals surface area (Å²) < 4.78 is 11.0. The molecule has 0 fully saturated rings. The molecule has 1 aromatic rings. The maximum atomic E-state index is 12.4. The van der Waals surface area contributed by atoms with Gasteiger partial charge in [-0.1, -0.05) is 37.3 Å². The zero-order valence-electron chi connectivity index (χ0n) is 12.5. The zero-order valence-corrected chi connectivity index (χ0v) is 12.5. The van der Waals surface area contributed by atoms with Crippen LogP contribution in [0.15, 0.2) is 42.0 Å². The molecule has 4 heteroatoms. The first-order valence-corrected chi connectivity index (χ1v) is 6.89. The second-order valence-corrected chi connectivity index (χ2v) is 5.23. The van der Waals surface area contributed by atoms with E-state index >= 15 is 0 Å². The second kappa shape index (κ2) is 6.21. The Morgan fingerprint density at radius 1 is 1.24 bits per heavy atom. The maximum absolute atomic E-state index is 12.4. The number of ether oxygens (including phenoxy) is 2. The number of benzene rings is 1. The summed E-state index contributed by atoms with van der Waals surface area (Å²) in [4.78, 5) is 12.4. The van der Waals surface area contributed by atoms with E-state index in [1.54, 1.807) is 0 Å². The summed E-state index contributed by atoms with van der Waals surface area (Å²) in [5.41, 5.74) is 1.31. The maximum Gasteiger partial charge on any atom is 0.207 e. The van der Waals surface area contributed by atoms with Gasteiger partial charge < -0.3 is 9.47 Å². The van der Waals surface area contributed by atoms with Crippen LogP contribution in [-0.4, -0.2) is 25.8 Å². The van der Waals surface area contributed by atoms with E-state index in [0.717, 1.165) is 5.56 Å². The van der Waals surface area contributed by atoms with Crippen LogP contribution >= 0.6 is 0 Å². The van der Waals surface area contributed by atoms with E-state index in [-0.39, 0.29) is 23.2 Å². The molecule has 2 unspecified atom stereocenters. The van der Waals surface area contributed by atoms with Gasteiger partial charge in [-0.05, 0) is 12.0 Å². The lowest BCUT2D eigenvalue weighted by molar-refractivity contribution is -0.219. The van der Waals surface area contributed by atoms with Crippen LogP contribution in [0.2, 0.25) is 0 Å². The fourth-order valence-electron chi connectivity index (χ4n) is 3.04. The van der Waals surface area contributed by atoms with Crippen LogP contribution in [0, 0.1) is 23.2 Å². The van der Waals surface area contributed by atoms with E-state index in [4.69, 9.17) is 9.47 Å². The van der Waals surface area contributed by atoms with Crippen molar-refractivity contribution in [2.75, 3.05) is 14.2 Å². The number of hydrogen-bond acceptors (Lipinski definition) is 4. The Kier molecular flexibility index (Phi) is 4.56. The van der Waals surface area contributed by atoms with Crippen molar-refractivity contribution in [1.82, 2.24) is 0 Å². The van der Waals surface area contributed by atoms with E-state index in [0.29, 0.717) is 6.42 Å². The molecule has 1 aromatic carbocycles. The molecule has 0 N–H and O–H groups in total. The van der Waals surface area contributed by atoms with Crippen LogP contribution in [0.25, 0.3) is 0 Å². The van der Waals surface area contributed by atoms with Crippen molar-refractivity contribution in [3.05, 3.63) is 47.5 Å². The largest absolute Gasteiger partial charge is 0.348 e. The number of carbonyl (C=O) groups excluding carboxylic acids is 1. The van der Waals surface area contributed by atoms with Crippen LogP contribution in [0.3, 0.4) is 0 Å². The summed E-state index contributed by atoms with van der Waals surface area (Å²) in [6, 6.07) is 11.9. The third kappa shape index (κ3) is 2.63.